The highest BCUT2D eigenvalue weighted by Crippen LogP contribution is 2.21. The Balaban J connectivity index is 2.99. The molecule has 17 heavy (non-hydrogen) atoms. The number of hydrogen-bond donors (Lipinski definition) is 4. The summed E-state index contributed by atoms with van der Waals surface area (Å²) in [4.78, 5) is 10.7. The van der Waals surface area contributed by atoms with Crippen LogP contribution in [0.1, 0.15) is 28.4 Å². The van der Waals surface area contributed by atoms with Crippen molar-refractivity contribution in [2.24, 2.45) is 0 Å². The lowest BCUT2D eigenvalue weighted by Crippen LogP contribution is -2.20. The van der Waals surface area contributed by atoms with E-state index in [2.05, 4.69) is 0 Å². The van der Waals surface area contributed by atoms with Crippen LogP contribution in [0.5, 0.6) is 0 Å². The molecule has 0 aromatic heterocycles. The second-order valence-corrected chi connectivity index (χ2v) is 3.57. The molecule has 0 radical (unpaired) electrons. The SMILES string of the molecule is O=C(O)c1cc(C(O)C(O)CCO)ccc1F. The number of carbonyl (C=O) groups is 1. The van der Waals surface area contributed by atoms with E-state index in [1.807, 2.05) is 0 Å². The van der Waals surface area contributed by atoms with Gasteiger partial charge in [0.1, 0.15) is 11.9 Å². The number of halogens is 1. The van der Waals surface area contributed by atoms with E-state index < -0.39 is 29.6 Å². The van der Waals surface area contributed by atoms with E-state index in [-0.39, 0.29) is 18.6 Å². The summed E-state index contributed by atoms with van der Waals surface area (Å²) >= 11 is 0. The molecule has 0 aliphatic rings. The Bertz CT molecular complexity index is 407. The molecule has 6 heteroatoms. The molecule has 1 rings (SSSR count). The Labute approximate surface area is 96.8 Å². The number of carboxylic acid groups (broad SMARTS) is 1. The van der Waals surface area contributed by atoms with Gasteiger partial charge in [0.05, 0.1) is 11.7 Å². The summed E-state index contributed by atoms with van der Waals surface area (Å²) in [5.41, 5.74) is -0.484. The molecule has 0 aliphatic carbocycles. The number of aromatic carboxylic acids is 1. The zero-order chi connectivity index (χ0) is 13.0. The second kappa shape index (κ2) is 5.72. The smallest absolute Gasteiger partial charge is 0.338 e. The first-order chi connectivity index (χ1) is 7.97. The van der Waals surface area contributed by atoms with Crippen molar-refractivity contribution in [1.82, 2.24) is 0 Å². The standard InChI is InChI=1S/C11H13FO5/c12-8-2-1-6(5-7(8)11(16)17)10(15)9(14)3-4-13/h1-2,5,9-10,13-15H,3-4H2,(H,16,17). The van der Waals surface area contributed by atoms with Gasteiger partial charge in [0.25, 0.3) is 0 Å². The number of aliphatic hydroxyl groups excluding tert-OH is 3. The molecule has 0 saturated carbocycles. The highest BCUT2D eigenvalue weighted by molar-refractivity contribution is 5.88. The largest absolute Gasteiger partial charge is 0.478 e. The molecule has 0 saturated heterocycles. The van der Waals surface area contributed by atoms with Crippen LogP contribution < -0.4 is 0 Å². The lowest BCUT2D eigenvalue weighted by molar-refractivity contribution is 0.00410. The number of aliphatic hydroxyl groups is 3. The van der Waals surface area contributed by atoms with Gasteiger partial charge in [-0.2, -0.15) is 0 Å². The monoisotopic (exact) mass is 244 g/mol. The molecule has 0 spiro atoms. The van der Waals surface area contributed by atoms with Crippen molar-refractivity contribution in [1.29, 1.82) is 0 Å². The molecule has 4 N–H and O–H groups in total. The third kappa shape index (κ3) is 3.23. The van der Waals surface area contributed by atoms with Crippen LogP contribution in [0.15, 0.2) is 18.2 Å². The topological polar surface area (TPSA) is 98.0 Å². The minimum atomic E-state index is -1.45. The van der Waals surface area contributed by atoms with Gasteiger partial charge in [-0.25, -0.2) is 9.18 Å². The molecule has 0 heterocycles. The fraction of sp³-hybridized carbons (Fsp3) is 0.364. The van der Waals surface area contributed by atoms with Crippen LogP contribution in [-0.2, 0) is 0 Å². The number of carboxylic acids is 1. The van der Waals surface area contributed by atoms with Gasteiger partial charge >= 0.3 is 5.97 Å². The molecule has 0 fully saturated rings. The minimum absolute atomic E-state index is 0.0546. The minimum Gasteiger partial charge on any atom is -0.478 e. The number of rotatable bonds is 5. The molecule has 0 aliphatic heterocycles. The average Bonchev–Trinajstić information content (AvgIpc) is 2.28. The summed E-state index contributed by atoms with van der Waals surface area (Å²) < 4.78 is 13.1. The van der Waals surface area contributed by atoms with Gasteiger partial charge in [-0.15, -0.1) is 0 Å². The van der Waals surface area contributed by atoms with Crippen molar-refractivity contribution in [3.63, 3.8) is 0 Å². The van der Waals surface area contributed by atoms with Gasteiger partial charge in [0, 0.05) is 6.61 Å². The van der Waals surface area contributed by atoms with Crippen LogP contribution in [0.2, 0.25) is 0 Å². The lowest BCUT2D eigenvalue weighted by Gasteiger charge is -2.17. The lowest BCUT2D eigenvalue weighted by atomic mass is 10.00. The maximum atomic E-state index is 13.1. The third-order valence-corrected chi connectivity index (χ3v) is 2.35. The van der Waals surface area contributed by atoms with Crippen molar-refractivity contribution in [2.45, 2.75) is 18.6 Å². The first-order valence-corrected chi connectivity index (χ1v) is 4.97. The predicted molar refractivity (Wildman–Crippen MR) is 56.0 cm³/mol. The van der Waals surface area contributed by atoms with Gasteiger partial charge in [-0.1, -0.05) is 6.07 Å². The second-order valence-electron chi connectivity index (χ2n) is 3.57. The summed E-state index contributed by atoms with van der Waals surface area (Å²) in [5.74, 6) is -2.36. The summed E-state index contributed by atoms with van der Waals surface area (Å²) in [6, 6.07) is 3.06. The normalized spacial score (nSPS) is 14.4. The fourth-order valence-electron chi connectivity index (χ4n) is 1.40. The molecule has 5 nitrogen and oxygen atoms in total. The fourth-order valence-corrected chi connectivity index (χ4v) is 1.40. The third-order valence-electron chi connectivity index (χ3n) is 2.35. The Hall–Kier alpha value is -1.50. The first-order valence-electron chi connectivity index (χ1n) is 4.97. The average molecular weight is 244 g/mol. The van der Waals surface area contributed by atoms with Crippen molar-refractivity contribution in [3.8, 4) is 0 Å². The highest BCUT2D eigenvalue weighted by atomic mass is 19.1. The Morgan fingerprint density at radius 2 is 2.00 bits per heavy atom. The van der Waals surface area contributed by atoms with Crippen molar-refractivity contribution in [3.05, 3.63) is 35.1 Å². The zero-order valence-electron chi connectivity index (χ0n) is 8.88. The van der Waals surface area contributed by atoms with E-state index in [0.29, 0.717) is 0 Å². The van der Waals surface area contributed by atoms with Crippen LogP contribution in [-0.4, -0.2) is 39.1 Å². The molecular weight excluding hydrogens is 231 g/mol. The van der Waals surface area contributed by atoms with Crippen LogP contribution in [0.4, 0.5) is 4.39 Å². The maximum absolute atomic E-state index is 13.1. The highest BCUT2D eigenvalue weighted by Gasteiger charge is 2.20. The van der Waals surface area contributed by atoms with Gasteiger partial charge in [-0.3, -0.25) is 0 Å². The quantitative estimate of drug-likeness (QED) is 0.597. The Morgan fingerprint density at radius 1 is 1.35 bits per heavy atom. The van der Waals surface area contributed by atoms with E-state index >= 15 is 0 Å². The van der Waals surface area contributed by atoms with Gasteiger partial charge in [0.2, 0.25) is 0 Å². The van der Waals surface area contributed by atoms with Gasteiger partial charge in [-0.05, 0) is 24.1 Å². The van der Waals surface area contributed by atoms with E-state index in [0.717, 1.165) is 12.1 Å². The van der Waals surface area contributed by atoms with Crippen LogP contribution in [0.25, 0.3) is 0 Å². The molecule has 2 atom stereocenters. The van der Waals surface area contributed by atoms with Gasteiger partial charge in [0.15, 0.2) is 0 Å². The van der Waals surface area contributed by atoms with E-state index in [9.17, 15) is 19.4 Å². The molecule has 0 amide bonds. The van der Waals surface area contributed by atoms with E-state index in [1.165, 1.54) is 6.07 Å². The van der Waals surface area contributed by atoms with Gasteiger partial charge < -0.3 is 20.4 Å². The van der Waals surface area contributed by atoms with Crippen LogP contribution in [0, 0.1) is 5.82 Å². The number of hydrogen-bond acceptors (Lipinski definition) is 4. The van der Waals surface area contributed by atoms with Crippen molar-refractivity contribution in [2.75, 3.05) is 6.61 Å². The summed E-state index contributed by atoms with van der Waals surface area (Å²) in [5, 5.41) is 36.3. The molecular formula is C11H13FO5. The molecule has 94 valence electrons. The molecule has 2 unspecified atom stereocenters. The van der Waals surface area contributed by atoms with Crippen molar-refractivity contribution >= 4 is 5.97 Å². The molecule has 1 aromatic rings. The molecule has 0 bridgehead atoms. The summed E-state index contributed by atoms with van der Waals surface area (Å²) in [6.07, 6.45) is -2.64. The van der Waals surface area contributed by atoms with E-state index in [4.69, 9.17) is 10.2 Å². The van der Waals surface area contributed by atoms with E-state index in [1.54, 1.807) is 0 Å². The first kappa shape index (κ1) is 13.6. The predicted octanol–water partition coefficient (Wildman–Crippen LogP) is 0.301. The summed E-state index contributed by atoms with van der Waals surface area (Å²) in [7, 11) is 0. The number of benzene rings is 1. The molecule has 1 aromatic carbocycles. The Morgan fingerprint density at radius 3 is 2.53 bits per heavy atom. The van der Waals surface area contributed by atoms with Crippen LogP contribution in [0.3, 0.4) is 0 Å². The Kier molecular flexibility index (Phi) is 4.56. The van der Waals surface area contributed by atoms with Crippen LogP contribution >= 0.6 is 0 Å². The maximum Gasteiger partial charge on any atom is 0.338 e. The zero-order valence-corrected chi connectivity index (χ0v) is 8.88. The summed E-state index contributed by atoms with van der Waals surface area (Å²) in [6.45, 7) is -0.314. The van der Waals surface area contributed by atoms with Crippen molar-refractivity contribution < 1.29 is 29.6 Å².